The Bertz CT molecular complexity index is 1640. The number of hydrogen-bond donors (Lipinski definition) is 4. The zero-order valence-corrected chi connectivity index (χ0v) is 32.9. The standard InChI is InChI=1S/C42H60N2O10/c1-9-34-31(24-45)19-25(2)16-17-35(47)42(6,51-18-12-13-29-20-30-14-10-11-15-32(30)43-23-29)22-26(3)40(27(4)33(46)21-36(48)53-34)54-41-39(50)37(44(7)8)38(49)28(5)52-41/h10-12,14-20,23,26-28,31,33-34,37-41,45-46,49-50H,9,13,21-22,24H2,1-8H3/t26-,27-,28?,31?,33+,34?,37?,38?,39?,40-,41?,42-/m0/s1. The minimum Gasteiger partial charge on any atom is -0.487 e. The van der Waals surface area contributed by atoms with Crippen molar-refractivity contribution in [2.24, 2.45) is 17.8 Å². The van der Waals surface area contributed by atoms with E-state index in [9.17, 15) is 30.0 Å². The number of ketones is 1. The van der Waals surface area contributed by atoms with Crippen LogP contribution >= 0.6 is 0 Å². The van der Waals surface area contributed by atoms with Crippen molar-refractivity contribution in [3.63, 3.8) is 0 Å². The van der Waals surface area contributed by atoms with Gasteiger partial charge in [0.1, 0.15) is 12.2 Å². The number of nitrogens with zero attached hydrogens (tertiary/aromatic N) is 2. The summed E-state index contributed by atoms with van der Waals surface area (Å²) >= 11 is 0. The predicted molar refractivity (Wildman–Crippen MR) is 205 cm³/mol. The number of pyridine rings is 1. The number of ether oxygens (including phenoxy) is 4. The molecule has 3 heterocycles. The summed E-state index contributed by atoms with van der Waals surface area (Å²) in [5.74, 6) is -2.73. The second kappa shape index (κ2) is 19.4. The molecule has 4 N–H and O–H groups in total. The maximum atomic E-state index is 14.1. The monoisotopic (exact) mass is 752 g/mol. The fourth-order valence-electron chi connectivity index (χ4n) is 7.54. The SMILES string of the molecule is CCC1OC(=O)C[C@@H](O)[C@H](C)[C@@H](OC2OC(C)C(O)C(N(C)C)C2O)[C@@H](C)C[C@](C)(OC=CCc2cnc3ccccc3c2)C(=O)C=CC(C)=CC1CO. The number of cyclic esters (lactones) is 1. The van der Waals surface area contributed by atoms with E-state index in [1.165, 1.54) is 12.3 Å². The Morgan fingerprint density at radius 3 is 2.48 bits per heavy atom. The Morgan fingerprint density at radius 1 is 1.07 bits per heavy atom. The summed E-state index contributed by atoms with van der Waals surface area (Å²) in [5.41, 5.74) is 1.13. The first-order valence-corrected chi connectivity index (χ1v) is 19.0. The number of para-hydroxylation sites is 1. The second-order valence-electron chi connectivity index (χ2n) is 15.4. The molecule has 12 atom stereocenters. The van der Waals surface area contributed by atoms with Crippen molar-refractivity contribution in [3.8, 4) is 0 Å². The van der Waals surface area contributed by atoms with Crippen molar-refractivity contribution in [1.82, 2.24) is 9.88 Å². The molecular formula is C42H60N2O10. The number of esters is 1. The summed E-state index contributed by atoms with van der Waals surface area (Å²) < 4.78 is 24.6. The van der Waals surface area contributed by atoms with Crippen LogP contribution in [-0.2, 0) is 35.0 Å². The highest BCUT2D eigenvalue weighted by molar-refractivity contribution is 5.97. The Hall–Kier alpha value is -3.49. The molecule has 0 bridgehead atoms. The van der Waals surface area contributed by atoms with Crippen molar-refractivity contribution in [2.75, 3.05) is 20.7 Å². The first-order valence-electron chi connectivity index (χ1n) is 19.0. The van der Waals surface area contributed by atoms with Gasteiger partial charge < -0.3 is 44.3 Å². The van der Waals surface area contributed by atoms with Gasteiger partial charge in [0.05, 0.1) is 55.3 Å². The van der Waals surface area contributed by atoms with Gasteiger partial charge in [-0.15, -0.1) is 0 Å². The van der Waals surface area contributed by atoms with Gasteiger partial charge in [0.2, 0.25) is 0 Å². The molecule has 0 amide bonds. The number of fused-ring (bicyclic) bond motifs is 1. The third-order valence-corrected chi connectivity index (χ3v) is 10.8. The first kappa shape index (κ1) is 43.2. The molecule has 1 fully saturated rings. The maximum Gasteiger partial charge on any atom is 0.308 e. The van der Waals surface area contributed by atoms with E-state index in [1.54, 1.807) is 65.0 Å². The topological polar surface area (TPSA) is 168 Å². The summed E-state index contributed by atoms with van der Waals surface area (Å²) in [5, 5.41) is 45.0. The van der Waals surface area contributed by atoms with E-state index < -0.39 is 78.3 Å². The maximum absolute atomic E-state index is 14.1. The van der Waals surface area contributed by atoms with Crippen molar-refractivity contribution in [3.05, 3.63) is 78.2 Å². The summed E-state index contributed by atoms with van der Waals surface area (Å²) in [6, 6.07) is 9.20. The average molecular weight is 753 g/mol. The number of aliphatic hydroxyl groups excluding tert-OH is 4. The number of aromatic nitrogens is 1. The molecule has 2 aliphatic heterocycles. The number of allylic oxidation sites excluding steroid dienone is 3. The van der Waals surface area contributed by atoms with Gasteiger partial charge in [0.25, 0.3) is 0 Å². The minimum atomic E-state index is -1.42. The molecule has 54 heavy (non-hydrogen) atoms. The number of benzene rings is 1. The van der Waals surface area contributed by atoms with Crippen LogP contribution in [0.15, 0.2) is 72.7 Å². The van der Waals surface area contributed by atoms with Gasteiger partial charge in [0.15, 0.2) is 17.7 Å². The highest BCUT2D eigenvalue weighted by Gasteiger charge is 2.48. The lowest BCUT2D eigenvalue weighted by atomic mass is 9.80. The molecule has 0 spiro atoms. The van der Waals surface area contributed by atoms with Gasteiger partial charge >= 0.3 is 5.97 Å². The minimum absolute atomic E-state index is 0.113. The molecule has 7 unspecified atom stereocenters. The lowest BCUT2D eigenvalue weighted by Gasteiger charge is -2.46. The van der Waals surface area contributed by atoms with E-state index in [1.807, 2.05) is 44.2 Å². The first-order chi connectivity index (χ1) is 25.6. The van der Waals surface area contributed by atoms with Crippen LogP contribution in [0.2, 0.25) is 0 Å². The van der Waals surface area contributed by atoms with Gasteiger partial charge in [-0.2, -0.15) is 0 Å². The Kier molecular flexibility index (Phi) is 15.5. The average Bonchev–Trinajstić information content (AvgIpc) is 3.13. The molecule has 2 aromatic rings. The lowest BCUT2D eigenvalue weighted by molar-refractivity contribution is -0.304. The zero-order chi connectivity index (χ0) is 39.7. The van der Waals surface area contributed by atoms with E-state index in [0.29, 0.717) is 18.4 Å². The highest BCUT2D eigenvalue weighted by atomic mass is 16.7. The highest BCUT2D eigenvalue weighted by Crippen LogP contribution is 2.35. The smallest absolute Gasteiger partial charge is 0.308 e. The summed E-state index contributed by atoms with van der Waals surface area (Å²) in [4.78, 5) is 33.6. The molecule has 0 aliphatic carbocycles. The van der Waals surface area contributed by atoms with Crippen molar-refractivity contribution in [2.45, 2.75) is 122 Å². The van der Waals surface area contributed by atoms with Gasteiger partial charge in [0, 0.05) is 23.4 Å². The largest absolute Gasteiger partial charge is 0.487 e. The Morgan fingerprint density at radius 2 is 1.80 bits per heavy atom. The third-order valence-electron chi connectivity index (χ3n) is 10.8. The van der Waals surface area contributed by atoms with E-state index in [4.69, 9.17) is 18.9 Å². The molecule has 1 aromatic carbocycles. The molecule has 1 aromatic heterocycles. The quantitative estimate of drug-likeness (QED) is 0.213. The van der Waals surface area contributed by atoms with Crippen LogP contribution in [0.3, 0.4) is 0 Å². The van der Waals surface area contributed by atoms with Crippen LogP contribution in [0.4, 0.5) is 0 Å². The Labute approximate surface area is 319 Å². The molecule has 1 saturated heterocycles. The van der Waals surface area contributed by atoms with E-state index >= 15 is 0 Å². The predicted octanol–water partition coefficient (Wildman–Crippen LogP) is 4.28. The number of hydrogen-bond acceptors (Lipinski definition) is 12. The second-order valence-corrected chi connectivity index (χ2v) is 15.4. The van der Waals surface area contributed by atoms with Crippen LogP contribution < -0.4 is 0 Å². The van der Waals surface area contributed by atoms with Crippen molar-refractivity contribution >= 4 is 22.7 Å². The van der Waals surface area contributed by atoms with E-state index in [-0.39, 0.29) is 25.2 Å². The van der Waals surface area contributed by atoms with Gasteiger partial charge in [-0.05, 0) is 89.9 Å². The molecule has 2 aliphatic rings. The number of aliphatic hydroxyl groups is 4. The Balaban J connectivity index is 1.70. The molecule has 12 nitrogen and oxygen atoms in total. The summed E-state index contributed by atoms with van der Waals surface area (Å²) in [7, 11) is 3.49. The molecular weight excluding hydrogens is 692 g/mol. The van der Waals surface area contributed by atoms with E-state index in [0.717, 1.165) is 16.5 Å². The number of carbonyl (C=O) groups excluding carboxylic acids is 2. The fraction of sp³-hybridized carbons (Fsp3) is 0.595. The summed E-state index contributed by atoms with van der Waals surface area (Å²) in [6.45, 7) is 10.3. The van der Waals surface area contributed by atoms with Gasteiger partial charge in [-0.1, -0.05) is 56.7 Å². The van der Waals surface area contributed by atoms with Crippen LogP contribution in [0.5, 0.6) is 0 Å². The third kappa shape index (κ3) is 10.8. The number of carbonyl (C=O) groups is 2. The fourth-order valence-corrected chi connectivity index (χ4v) is 7.54. The molecule has 12 heteroatoms. The van der Waals surface area contributed by atoms with Crippen LogP contribution in [0, 0.1) is 17.8 Å². The summed E-state index contributed by atoms with van der Waals surface area (Å²) in [6.07, 6.45) is 3.79. The van der Waals surface area contributed by atoms with E-state index in [2.05, 4.69) is 11.1 Å². The lowest BCUT2D eigenvalue weighted by Crippen LogP contribution is -2.63. The zero-order valence-electron chi connectivity index (χ0n) is 32.9. The van der Waals surface area contributed by atoms with Gasteiger partial charge in [-0.25, -0.2) is 0 Å². The van der Waals surface area contributed by atoms with Crippen LogP contribution in [0.25, 0.3) is 10.9 Å². The molecule has 4 rings (SSSR count). The van der Waals surface area contributed by atoms with Crippen LogP contribution in [-0.4, -0.2) is 117 Å². The molecule has 0 saturated carbocycles. The number of rotatable bonds is 9. The molecule has 298 valence electrons. The molecule has 0 radical (unpaired) electrons. The van der Waals surface area contributed by atoms with Gasteiger partial charge in [-0.3, -0.25) is 14.6 Å². The van der Waals surface area contributed by atoms with Crippen molar-refractivity contribution < 1.29 is 49.0 Å². The number of likely N-dealkylation sites (N-methyl/N-ethyl adjacent to an activating group) is 1. The van der Waals surface area contributed by atoms with Crippen molar-refractivity contribution in [1.29, 1.82) is 0 Å². The van der Waals surface area contributed by atoms with Crippen LogP contribution in [0.1, 0.15) is 66.4 Å². The normalized spacial score (nSPS) is 35.0.